The molecular formula is C27H27FN4O3. The Hall–Kier alpha value is -4.20. The third kappa shape index (κ3) is 6.03. The highest BCUT2D eigenvalue weighted by molar-refractivity contribution is 6.05. The van der Waals surface area contributed by atoms with Crippen molar-refractivity contribution < 1.29 is 18.8 Å². The van der Waals surface area contributed by atoms with Crippen LogP contribution in [0.4, 0.5) is 20.6 Å². The van der Waals surface area contributed by atoms with E-state index in [1.54, 1.807) is 36.1 Å². The van der Waals surface area contributed by atoms with Gasteiger partial charge in [-0.1, -0.05) is 30.3 Å². The van der Waals surface area contributed by atoms with Gasteiger partial charge in [-0.2, -0.15) is 0 Å². The molecule has 0 unspecified atom stereocenters. The summed E-state index contributed by atoms with van der Waals surface area (Å²) >= 11 is 0. The predicted octanol–water partition coefficient (Wildman–Crippen LogP) is 4.94. The number of nitrogens with one attached hydrogen (secondary N) is 3. The molecule has 4 amide bonds. The Balaban J connectivity index is 1.38. The van der Waals surface area contributed by atoms with E-state index in [0.717, 1.165) is 37.1 Å². The van der Waals surface area contributed by atoms with Crippen molar-refractivity contribution in [2.45, 2.75) is 26.3 Å². The maximum absolute atomic E-state index is 13.9. The van der Waals surface area contributed by atoms with Gasteiger partial charge >= 0.3 is 6.03 Å². The number of rotatable bonds is 6. The second-order valence-corrected chi connectivity index (χ2v) is 8.47. The molecule has 7 nitrogen and oxygen atoms in total. The number of hydrogen-bond donors (Lipinski definition) is 3. The normalized spacial score (nSPS) is 12.8. The van der Waals surface area contributed by atoms with Crippen LogP contribution in [0.2, 0.25) is 0 Å². The third-order valence-corrected chi connectivity index (χ3v) is 5.89. The zero-order valence-corrected chi connectivity index (χ0v) is 19.4. The standard InChI is InChI=1S/C27H27FN4O3/c1-18-11-12-20(16-24(18)31-26(34)22-9-2-3-10-23(22)28)25(33)29-17-19-7-6-8-21(15-19)30-27(35)32-13-4-5-14-32/h2-3,6-12,15-16H,4-5,13-14,17H2,1H3,(H,29,33)(H,30,35)(H,31,34). The monoisotopic (exact) mass is 474 g/mol. The van der Waals surface area contributed by atoms with Crippen molar-refractivity contribution in [2.75, 3.05) is 23.7 Å². The lowest BCUT2D eigenvalue weighted by Gasteiger charge is -2.16. The van der Waals surface area contributed by atoms with Crippen LogP contribution >= 0.6 is 0 Å². The maximum Gasteiger partial charge on any atom is 0.321 e. The average Bonchev–Trinajstić information content (AvgIpc) is 3.40. The number of anilines is 2. The van der Waals surface area contributed by atoms with Gasteiger partial charge in [0, 0.05) is 36.6 Å². The molecule has 1 saturated heterocycles. The molecule has 4 rings (SSSR count). The summed E-state index contributed by atoms with van der Waals surface area (Å²) in [6.45, 7) is 3.58. The quantitative estimate of drug-likeness (QED) is 0.472. The molecule has 0 saturated carbocycles. The van der Waals surface area contributed by atoms with Crippen molar-refractivity contribution in [1.29, 1.82) is 0 Å². The fraction of sp³-hybridized carbons (Fsp3) is 0.222. The van der Waals surface area contributed by atoms with Gasteiger partial charge < -0.3 is 20.9 Å². The van der Waals surface area contributed by atoms with Gasteiger partial charge in [0.2, 0.25) is 0 Å². The lowest BCUT2D eigenvalue weighted by molar-refractivity contribution is 0.0949. The first-order valence-corrected chi connectivity index (χ1v) is 11.5. The van der Waals surface area contributed by atoms with Crippen molar-refractivity contribution >= 4 is 29.2 Å². The summed E-state index contributed by atoms with van der Waals surface area (Å²) in [5.74, 6) is -1.52. The molecule has 0 spiro atoms. The SMILES string of the molecule is Cc1ccc(C(=O)NCc2cccc(NC(=O)N3CCCC3)c2)cc1NC(=O)c1ccccc1F. The lowest BCUT2D eigenvalue weighted by Crippen LogP contribution is -2.32. The van der Waals surface area contributed by atoms with Crippen LogP contribution in [-0.2, 0) is 6.54 Å². The molecule has 180 valence electrons. The Labute approximate surface area is 203 Å². The molecule has 3 N–H and O–H groups in total. The Morgan fingerprint density at radius 3 is 2.43 bits per heavy atom. The maximum atomic E-state index is 13.9. The van der Waals surface area contributed by atoms with Crippen LogP contribution in [0, 0.1) is 12.7 Å². The minimum atomic E-state index is -0.615. The average molecular weight is 475 g/mol. The van der Waals surface area contributed by atoms with E-state index in [0.29, 0.717) is 16.9 Å². The van der Waals surface area contributed by atoms with Crippen LogP contribution in [0.15, 0.2) is 66.7 Å². The van der Waals surface area contributed by atoms with Gasteiger partial charge in [0.1, 0.15) is 5.82 Å². The Bertz CT molecular complexity index is 1250. The zero-order chi connectivity index (χ0) is 24.8. The van der Waals surface area contributed by atoms with E-state index in [9.17, 15) is 18.8 Å². The number of hydrogen-bond acceptors (Lipinski definition) is 3. The van der Waals surface area contributed by atoms with Crippen LogP contribution < -0.4 is 16.0 Å². The molecule has 1 aliphatic rings. The van der Waals surface area contributed by atoms with Crippen molar-refractivity contribution in [3.05, 3.63) is 94.8 Å². The number of halogens is 1. The Morgan fingerprint density at radius 1 is 0.886 bits per heavy atom. The second-order valence-electron chi connectivity index (χ2n) is 8.47. The summed E-state index contributed by atoms with van der Waals surface area (Å²) < 4.78 is 13.9. The predicted molar refractivity (Wildman–Crippen MR) is 133 cm³/mol. The number of amides is 4. The molecular weight excluding hydrogens is 447 g/mol. The van der Waals surface area contributed by atoms with Gasteiger partial charge in [-0.15, -0.1) is 0 Å². The topological polar surface area (TPSA) is 90.5 Å². The molecule has 0 bridgehead atoms. The largest absolute Gasteiger partial charge is 0.348 e. The molecule has 0 aliphatic carbocycles. The van der Waals surface area contributed by atoms with E-state index >= 15 is 0 Å². The molecule has 8 heteroatoms. The van der Waals surface area contributed by atoms with Crippen LogP contribution in [0.1, 0.15) is 44.7 Å². The fourth-order valence-corrected chi connectivity index (χ4v) is 3.90. The minimum Gasteiger partial charge on any atom is -0.348 e. The number of likely N-dealkylation sites (tertiary alicyclic amines) is 1. The number of aryl methyl sites for hydroxylation is 1. The number of carbonyl (C=O) groups is 3. The molecule has 1 heterocycles. The van der Waals surface area contributed by atoms with Crippen molar-refractivity contribution in [2.24, 2.45) is 0 Å². The molecule has 0 aromatic heterocycles. The summed E-state index contributed by atoms with van der Waals surface area (Å²) in [7, 11) is 0. The van der Waals surface area contributed by atoms with Crippen LogP contribution in [0.25, 0.3) is 0 Å². The second kappa shape index (κ2) is 10.8. The number of carbonyl (C=O) groups excluding carboxylic acids is 3. The molecule has 0 radical (unpaired) electrons. The van der Waals surface area contributed by atoms with E-state index in [1.807, 2.05) is 24.3 Å². The first-order valence-electron chi connectivity index (χ1n) is 11.5. The highest BCUT2D eigenvalue weighted by Gasteiger charge is 2.18. The van der Waals surface area contributed by atoms with Crippen molar-refractivity contribution in [1.82, 2.24) is 10.2 Å². The molecule has 1 fully saturated rings. The minimum absolute atomic E-state index is 0.0709. The van der Waals surface area contributed by atoms with Gasteiger partial charge in [0.05, 0.1) is 5.56 Å². The Kier molecular flexibility index (Phi) is 7.40. The molecule has 35 heavy (non-hydrogen) atoms. The molecule has 3 aromatic rings. The van der Waals surface area contributed by atoms with Gasteiger partial charge in [0.25, 0.3) is 11.8 Å². The first kappa shape index (κ1) is 23.9. The van der Waals surface area contributed by atoms with E-state index in [2.05, 4.69) is 16.0 Å². The van der Waals surface area contributed by atoms with Gasteiger partial charge in [0.15, 0.2) is 0 Å². The summed E-state index contributed by atoms with van der Waals surface area (Å²) in [5, 5.41) is 8.44. The van der Waals surface area contributed by atoms with Gasteiger partial charge in [-0.3, -0.25) is 9.59 Å². The Morgan fingerprint density at radius 2 is 1.66 bits per heavy atom. The molecule has 1 aliphatic heterocycles. The van der Waals surface area contributed by atoms with E-state index in [1.165, 1.54) is 18.2 Å². The smallest absolute Gasteiger partial charge is 0.321 e. The number of benzene rings is 3. The van der Waals surface area contributed by atoms with E-state index in [-0.39, 0.29) is 24.0 Å². The summed E-state index contributed by atoms with van der Waals surface area (Å²) in [4.78, 5) is 39.4. The number of urea groups is 1. The fourth-order valence-electron chi connectivity index (χ4n) is 3.90. The van der Waals surface area contributed by atoms with Crippen LogP contribution in [0.3, 0.4) is 0 Å². The van der Waals surface area contributed by atoms with Crippen molar-refractivity contribution in [3.8, 4) is 0 Å². The van der Waals surface area contributed by atoms with Crippen LogP contribution in [0.5, 0.6) is 0 Å². The van der Waals surface area contributed by atoms with E-state index < -0.39 is 11.7 Å². The molecule has 0 atom stereocenters. The highest BCUT2D eigenvalue weighted by Crippen LogP contribution is 2.19. The highest BCUT2D eigenvalue weighted by atomic mass is 19.1. The van der Waals surface area contributed by atoms with Crippen LogP contribution in [-0.4, -0.2) is 35.8 Å². The summed E-state index contributed by atoms with van der Waals surface area (Å²) in [6.07, 6.45) is 2.04. The summed E-state index contributed by atoms with van der Waals surface area (Å²) in [5.41, 5.74) is 2.96. The summed E-state index contributed by atoms with van der Waals surface area (Å²) in [6, 6.07) is 17.9. The third-order valence-electron chi connectivity index (χ3n) is 5.89. The first-order chi connectivity index (χ1) is 16.9. The molecule has 3 aromatic carbocycles. The van der Waals surface area contributed by atoms with Gasteiger partial charge in [-0.25, -0.2) is 9.18 Å². The van der Waals surface area contributed by atoms with Gasteiger partial charge in [-0.05, 0) is 67.3 Å². The van der Waals surface area contributed by atoms with Crippen molar-refractivity contribution in [3.63, 3.8) is 0 Å². The number of nitrogens with zero attached hydrogens (tertiary/aromatic N) is 1. The lowest BCUT2D eigenvalue weighted by atomic mass is 10.1. The zero-order valence-electron chi connectivity index (χ0n) is 19.4. The van der Waals surface area contributed by atoms with E-state index in [4.69, 9.17) is 0 Å².